The van der Waals surface area contributed by atoms with Crippen molar-refractivity contribution < 1.29 is 144 Å². The zero-order valence-electron chi connectivity index (χ0n) is 85.3. The molecular weight excluding hydrogens is 2090 g/mol. The van der Waals surface area contributed by atoms with Gasteiger partial charge in [0.2, 0.25) is 0 Å². The van der Waals surface area contributed by atoms with Crippen LogP contribution in [0.3, 0.4) is 0 Å². The van der Waals surface area contributed by atoms with Crippen molar-refractivity contribution in [3.8, 4) is 28.7 Å². The summed E-state index contributed by atoms with van der Waals surface area (Å²) in [5.41, 5.74) is 12.6. The van der Waals surface area contributed by atoms with Gasteiger partial charge in [-0.05, 0) is 213 Å². The molecule has 0 amide bonds. The summed E-state index contributed by atoms with van der Waals surface area (Å²) in [6, 6.07) is 46.2. The Morgan fingerprint density at radius 1 is 0.235 bits per heavy atom. The summed E-state index contributed by atoms with van der Waals surface area (Å²) in [7, 11) is 24.5. The number of nitrogens with zero attached hydrogens (tertiary/aromatic N) is 5. The van der Waals surface area contributed by atoms with Gasteiger partial charge in [0.1, 0.15) is 57.8 Å². The van der Waals surface area contributed by atoms with Gasteiger partial charge in [-0.1, -0.05) is 324 Å². The number of rotatable bonds is 20. The molecule has 736 valence electrons. The molecule has 10 aromatic carbocycles. The summed E-state index contributed by atoms with van der Waals surface area (Å²) < 4.78 is 68.7. The molecule has 10 aromatic rings. The van der Waals surface area contributed by atoms with E-state index >= 15 is 0 Å². The molecule has 0 saturated carbocycles. The fraction of sp³-hybridized carbons (Fsp3) is 0.434. The van der Waals surface area contributed by atoms with Crippen LogP contribution in [0.15, 0.2) is 158 Å². The Bertz CT molecular complexity index is 5330. The monoisotopic (exact) mass is 2230 g/mol. The van der Waals surface area contributed by atoms with Gasteiger partial charge < -0.3 is 52.1 Å². The topological polar surface area (TPSA) is 172 Å². The van der Waals surface area contributed by atoms with Crippen molar-refractivity contribution in [1.82, 2.24) is 0 Å². The number of halogens is 10. The molecule has 0 aliphatic rings. The van der Waals surface area contributed by atoms with E-state index in [2.05, 4.69) is 174 Å². The van der Waals surface area contributed by atoms with E-state index in [0.29, 0.717) is 55.7 Å². The predicted molar refractivity (Wildman–Crippen MR) is 572 cm³/mol. The molecule has 0 aromatic heterocycles. The van der Waals surface area contributed by atoms with Crippen LogP contribution in [0.5, 0.6) is 28.7 Å². The van der Waals surface area contributed by atoms with Crippen molar-refractivity contribution in [2.45, 2.75) is 304 Å². The first-order valence-corrected chi connectivity index (χ1v) is 59.8. The van der Waals surface area contributed by atoms with Crippen molar-refractivity contribution in [2.24, 2.45) is 0 Å². The number of hydrogen-bond donors (Lipinski definition) is 5. The maximum absolute atomic E-state index is 13.9. The molecule has 0 saturated heterocycles. The van der Waals surface area contributed by atoms with Gasteiger partial charge in [0.15, 0.2) is 0 Å². The van der Waals surface area contributed by atoms with E-state index in [-0.39, 0.29) is 127 Å². The van der Waals surface area contributed by atoms with Crippen molar-refractivity contribution in [2.75, 3.05) is 0 Å². The van der Waals surface area contributed by atoms with E-state index in [4.69, 9.17) is 0 Å². The summed E-state index contributed by atoms with van der Waals surface area (Å²) in [6.07, 6.45) is 0. The van der Waals surface area contributed by atoms with Crippen LogP contribution >= 0.6 is 89.4 Å². The van der Waals surface area contributed by atoms with Gasteiger partial charge in [0.25, 0.3) is 0 Å². The molecule has 10 rings (SSSR count). The van der Waals surface area contributed by atoms with Crippen molar-refractivity contribution in [1.29, 1.82) is 0 Å². The van der Waals surface area contributed by atoms with Crippen LogP contribution in [0.1, 0.15) is 265 Å². The minimum atomic E-state index is -0.249. The van der Waals surface area contributed by atoms with Gasteiger partial charge >= 0.3 is 143 Å². The number of hydrogen-bond acceptors (Lipinski definition) is 5. The van der Waals surface area contributed by atoms with Gasteiger partial charge in [-0.25, -0.2) is 22.0 Å². The van der Waals surface area contributed by atoms with E-state index < -0.39 is 0 Å². The number of aryl methyl sites for hydroxylation is 5. The molecule has 10 nitrogen and oxygen atoms in total. The first-order chi connectivity index (χ1) is 62.7. The normalized spacial score (nSPS) is 12.0. The van der Waals surface area contributed by atoms with Gasteiger partial charge in [-0.2, -0.15) is 0 Å². The van der Waals surface area contributed by atoms with E-state index in [9.17, 15) is 47.5 Å². The molecule has 0 aliphatic heterocycles. The summed E-state index contributed by atoms with van der Waals surface area (Å²) in [4.78, 5) is 0. The standard InChI is InChI=1S/C25H36FNOP.2C22H30FNOP.C19H24FNOP.C18H22FNOP.5ClH.5Ti/c1-23(2,3)17-13-19(24(4,5)6)22(28)21(14-17)29-20-11-10-18(26)12-16(20)15-27-25(7,8)9;1-14-10-16(21(2,3)4)12-19(20(14)25)26-18-9-8-17(23)11-15(18)13-24-22(5,6)7;1-14-10-17(21(2,3)4)20(25)19(11-14)26-18-9-8-16(23)12-15(18)13-24-22(5,6)7;1-12-8-13(2)18(22)17(9-12)23-16-7-6-15(20)10-14(16)11-21-19(3,4)5;1-12-5-7-15(21)17(9-12)22-16-8-6-14(19)10-13(16)11-20-18(2,3)4;;;;;;;;;;/h10-14,28-29H,15H2,1-9H3;2*8-12,25-26H,13H2,1-7H3;6-10,22-23H,11H2,1-5H3;5-10,21-22H,11H2,1-4H3;5*1H;;;;;/q5*-1;;;;;;5*+2/p-5. The third kappa shape index (κ3) is 49.3. The first kappa shape index (κ1) is 132. The maximum atomic E-state index is 13.9. The van der Waals surface area contributed by atoms with Crippen molar-refractivity contribution >= 4 is 142 Å². The van der Waals surface area contributed by atoms with E-state index in [1.807, 2.05) is 199 Å². The fourth-order valence-corrected chi connectivity index (χ4v) is 19.3. The molecule has 5 atom stereocenters. The average Bonchev–Trinajstić information content (AvgIpc) is 0.779. The molecule has 5 unspecified atom stereocenters. The summed E-state index contributed by atoms with van der Waals surface area (Å²) >= 11 is 7.36. The van der Waals surface area contributed by atoms with Crippen LogP contribution in [-0.2, 0) is 151 Å². The predicted octanol–water partition coefficient (Wildman–Crippen LogP) is 29.3. The van der Waals surface area contributed by atoms with Crippen LogP contribution in [0.25, 0.3) is 26.6 Å². The Balaban J connectivity index is 0.000000831. The Hall–Kier alpha value is -2.18. The number of aromatic hydroxyl groups is 5. The molecule has 0 heterocycles. The molecule has 30 heteroatoms. The van der Waals surface area contributed by atoms with Crippen molar-refractivity contribution in [3.05, 3.63) is 291 Å². The molecule has 136 heavy (non-hydrogen) atoms. The van der Waals surface area contributed by atoms with Gasteiger partial charge in [-0.3, -0.25) is 0 Å². The van der Waals surface area contributed by atoms with Crippen LogP contribution in [0.4, 0.5) is 22.0 Å². The van der Waals surface area contributed by atoms with Gasteiger partial charge in [0, 0.05) is 37.6 Å². The summed E-state index contributed by atoms with van der Waals surface area (Å²) in [5, 5.41) is 85.6. The van der Waals surface area contributed by atoms with Crippen LogP contribution in [0.2, 0.25) is 0 Å². The quantitative estimate of drug-likeness (QED) is 0.0290. The molecule has 5 N–H and O–H groups in total. The molecule has 0 radical (unpaired) electrons. The Morgan fingerprint density at radius 3 is 0.721 bits per heavy atom. The van der Waals surface area contributed by atoms with Gasteiger partial charge in [-0.15, -0.1) is 60.4 Å². The number of benzene rings is 10. The average molecular weight is 2230 g/mol. The second-order valence-corrected chi connectivity index (χ2v) is 48.5. The molecule has 0 fully saturated rings. The minimum absolute atomic E-state index is 0.00485. The zero-order chi connectivity index (χ0) is 105. The van der Waals surface area contributed by atoms with Crippen LogP contribution in [0, 0.1) is 63.7 Å². The Morgan fingerprint density at radius 2 is 0.456 bits per heavy atom. The molecule has 0 spiro atoms. The van der Waals surface area contributed by atoms with Crippen LogP contribution < -0.4 is 53.0 Å². The van der Waals surface area contributed by atoms with E-state index in [1.54, 1.807) is 48.5 Å². The molecule has 0 aliphatic carbocycles. The third-order valence-corrected chi connectivity index (χ3v) is 27.0. The fourth-order valence-electron chi connectivity index (χ4n) is 12.7. The van der Waals surface area contributed by atoms with Gasteiger partial charge in [0.05, 0.1) is 0 Å². The van der Waals surface area contributed by atoms with Crippen molar-refractivity contribution in [3.63, 3.8) is 0 Å². The number of phenols is 5. The molecule has 0 bridgehead atoms. The number of phenolic OH excluding ortho intramolecular Hbond substituents is 5. The second kappa shape index (κ2) is 60.8. The van der Waals surface area contributed by atoms with E-state index in [1.165, 1.54) is 138 Å². The zero-order valence-corrected chi connectivity index (χ0v) is 102. The SMILES string of the molecule is CC(C)(C)[N-]Cc1cc(F)ccc1Pc1cc(C(C)(C)C)cc(C(C)(C)C)c1O.Cc1cc(C(C)(C)C)cc(Pc2ccc(F)cc2C[N-]C(C)(C)C)c1O.Cc1cc(C)c(O)c(Pc2ccc(F)cc2C[N-]C(C)(C)C)c1.Cc1cc(Pc2ccc(F)cc2C[N-]C(C)(C)C)c(O)c(C(C)(C)C)c1.Cc1ccc(O)c(Pc2ccc(F)cc2C[N-]C(C)(C)C)c1.[Cl][Ti+].[Cl][Ti+].[Cl][Ti+].[Cl][Ti+].[Cl][Ti+]. The third-order valence-electron chi connectivity index (χ3n) is 19.9. The Kier molecular flexibility index (Phi) is 58.9. The van der Waals surface area contributed by atoms with Crippen LogP contribution in [-0.4, -0.2) is 53.2 Å². The second-order valence-electron chi connectivity index (χ2n) is 41.9. The first-order valence-electron chi connectivity index (χ1n) is 44.0. The molecular formula is C106H142Cl5F5N5O5P5Ti5. The Labute approximate surface area is 900 Å². The summed E-state index contributed by atoms with van der Waals surface area (Å²) in [6.45, 7) is 68.5. The van der Waals surface area contributed by atoms with E-state index in [0.717, 1.165) is 120 Å². The summed E-state index contributed by atoms with van der Waals surface area (Å²) in [5.74, 6) is 0.409.